The molecule has 0 saturated heterocycles. The Morgan fingerprint density at radius 3 is 2.82 bits per heavy atom. The fraction of sp³-hybridized carbons (Fsp3) is 0.200. The third-order valence-electron chi connectivity index (χ3n) is 3.35. The van der Waals surface area contributed by atoms with Crippen molar-refractivity contribution < 1.29 is 4.79 Å². The standard InChI is InChI=1S/C15H16N6O/c1-16-13(22)9-20(2)14-8-12(11-6-4-3-5-7-11)19-15-17-10-18-21(14)15/h3-8,10H,9H2,1-2H3,(H,16,22). The number of amides is 1. The highest BCUT2D eigenvalue weighted by molar-refractivity contribution is 5.81. The van der Waals surface area contributed by atoms with Crippen LogP contribution in [0.15, 0.2) is 42.7 Å². The number of fused-ring (bicyclic) bond motifs is 1. The molecule has 112 valence electrons. The highest BCUT2D eigenvalue weighted by Gasteiger charge is 2.14. The van der Waals surface area contributed by atoms with E-state index in [1.54, 1.807) is 11.6 Å². The molecule has 3 aromatic rings. The molecule has 1 N–H and O–H groups in total. The lowest BCUT2D eigenvalue weighted by molar-refractivity contribution is -0.119. The maximum atomic E-state index is 11.6. The Labute approximate surface area is 127 Å². The molecular formula is C15H16N6O. The molecule has 0 bridgehead atoms. The lowest BCUT2D eigenvalue weighted by Crippen LogP contribution is -2.34. The number of rotatable bonds is 4. The highest BCUT2D eigenvalue weighted by Crippen LogP contribution is 2.22. The number of nitrogens with zero attached hydrogens (tertiary/aromatic N) is 5. The predicted molar refractivity (Wildman–Crippen MR) is 83.6 cm³/mol. The molecule has 0 aliphatic rings. The number of carbonyl (C=O) groups is 1. The monoisotopic (exact) mass is 296 g/mol. The summed E-state index contributed by atoms with van der Waals surface area (Å²) in [6.07, 6.45) is 1.45. The van der Waals surface area contributed by atoms with Gasteiger partial charge in [0.25, 0.3) is 5.78 Å². The smallest absolute Gasteiger partial charge is 0.254 e. The summed E-state index contributed by atoms with van der Waals surface area (Å²) in [5, 5.41) is 6.79. The van der Waals surface area contributed by atoms with Crippen molar-refractivity contribution in [1.29, 1.82) is 0 Å². The van der Waals surface area contributed by atoms with E-state index in [1.807, 2.05) is 48.3 Å². The zero-order valence-corrected chi connectivity index (χ0v) is 12.4. The lowest BCUT2D eigenvalue weighted by Gasteiger charge is -2.19. The minimum absolute atomic E-state index is 0.0751. The molecule has 0 aliphatic carbocycles. The van der Waals surface area contributed by atoms with E-state index in [9.17, 15) is 4.79 Å². The average Bonchev–Trinajstić information content (AvgIpc) is 3.03. The van der Waals surface area contributed by atoms with E-state index in [2.05, 4.69) is 20.4 Å². The van der Waals surface area contributed by atoms with Crippen LogP contribution >= 0.6 is 0 Å². The molecule has 2 aromatic heterocycles. The van der Waals surface area contributed by atoms with Gasteiger partial charge in [-0.05, 0) is 0 Å². The van der Waals surface area contributed by atoms with Gasteiger partial charge in [-0.25, -0.2) is 4.98 Å². The van der Waals surface area contributed by atoms with Crippen LogP contribution in [0, 0.1) is 0 Å². The van der Waals surface area contributed by atoms with Gasteiger partial charge in [-0.2, -0.15) is 14.6 Å². The van der Waals surface area contributed by atoms with Crippen LogP contribution in [-0.2, 0) is 4.79 Å². The highest BCUT2D eigenvalue weighted by atomic mass is 16.1. The second-order valence-corrected chi connectivity index (χ2v) is 4.87. The minimum Gasteiger partial charge on any atom is -0.358 e. The first-order chi connectivity index (χ1) is 10.7. The largest absolute Gasteiger partial charge is 0.358 e. The number of nitrogens with one attached hydrogen (secondary N) is 1. The van der Waals surface area contributed by atoms with Gasteiger partial charge < -0.3 is 10.2 Å². The summed E-state index contributed by atoms with van der Waals surface area (Å²) in [5.74, 6) is 1.18. The van der Waals surface area contributed by atoms with Crippen LogP contribution < -0.4 is 10.2 Å². The molecule has 0 spiro atoms. The van der Waals surface area contributed by atoms with E-state index in [1.165, 1.54) is 6.33 Å². The van der Waals surface area contributed by atoms with E-state index in [4.69, 9.17) is 0 Å². The van der Waals surface area contributed by atoms with E-state index in [0.717, 1.165) is 17.1 Å². The van der Waals surface area contributed by atoms with Gasteiger partial charge in [-0.15, -0.1) is 0 Å². The molecule has 2 heterocycles. The van der Waals surface area contributed by atoms with Crippen LogP contribution in [0.1, 0.15) is 0 Å². The maximum absolute atomic E-state index is 11.6. The first kappa shape index (κ1) is 14.0. The van der Waals surface area contributed by atoms with Gasteiger partial charge in [0, 0.05) is 25.7 Å². The Bertz CT molecular complexity index is 798. The minimum atomic E-state index is -0.0751. The summed E-state index contributed by atoms with van der Waals surface area (Å²) in [4.78, 5) is 22.1. The SMILES string of the molecule is CNC(=O)CN(C)c1cc(-c2ccccc2)nc2ncnn12. The fourth-order valence-electron chi connectivity index (χ4n) is 2.20. The van der Waals surface area contributed by atoms with Crippen molar-refractivity contribution in [2.45, 2.75) is 0 Å². The number of likely N-dealkylation sites (N-methyl/N-ethyl adjacent to an activating group) is 2. The second-order valence-electron chi connectivity index (χ2n) is 4.87. The Morgan fingerprint density at radius 2 is 2.09 bits per heavy atom. The number of aromatic nitrogens is 4. The van der Waals surface area contributed by atoms with E-state index >= 15 is 0 Å². The summed E-state index contributed by atoms with van der Waals surface area (Å²) in [7, 11) is 3.45. The van der Waals surface area contributed by atoms with E-state index < -0.39 is 0 Å². The van der Waals surface area contributed by atoms with E-state index in [-0.39, 0.29) is 12.5 Å². The van der Waals surface area contributed by atoms with Gasteiger partial charge in [0.1, 0.15) is 12.1 Å². The zero-order chi connectivity index (χ0) is 15.5. The summed E-state index contributed by atoms with van der Waals surface area (Å²) in [6, 6.07) is 11.7. The van der Waals surface area contributed by atoms with Gasteiger partial charge in [-0.1, -0.05) is 30.3 Å². The van der Waals surface area contributed by atoms with Crippen molar-refractivity contribution in [3.63, 3.8) is 0 Å². The summed E-state index contributed by atoms with van der Waals surface area (Å²) >= 11 is 0. The normalized spacial score (nSPS) is 10.6. The molecule has 0 aliphatic heterocycles. The molecule has 1 aromatic carbocycles. The van der Waals surface area contributed by atoms with E-state index in [0.29, 0.717) is 5.78 Å². The van der Waals surface area contributed by atoms with Crippen LogP contribution in [0.4, 0.5) is 5.82 Å². The molecule has 0 fully saturated rings. The van der Waals surface area contributed by atoms with Crippen LogP contribution in [0.25, 0.3) is 17.0 Å². The molecule has 22 heavy (non-hydrogen) atoms. The molecule has 0 radical (unpaired) electrons. The molecular weight excluding hydrogens is 280 g/mol. The number of hydrogen-bond acceptors (Lipinski definition) is 5. The zero-order valence-electron chi connectivity index (χ0n) is 12.4. The second kappa shape index (κ2) is 5.80. The Kier molecular flexibility index (Phi) is 3.69. The Hall–Kier alpha value is -2.96. The summed E-state index contributed by atoms with van der Waals surface area (Å²) in [6.45, 7) is 0.226. The molecule has 7 nitrogen and oxygen atoms in total. The summed E-state index contributed by atoms with van der Waals surface area (Å²) in [5.41, 5.74) is 1.78. The molecule has 1 amide bonds. The van der Waals surface area contributed by atoms with Gasteiger partial charge in [0.05, 0.1) is 12.2 Å². The van der Waals surface area contributed by atoms with Gasteiger partial charge in [0.15, 0.2) is 0 Å². The first-order valence-electron chi connectivity index (χ1n) is 6.87. The number of hydrogen-bond donors (Lipinski definition) is 1. The van der Waals surface area contributed by atoms with Gasteiger partial charge in [-0.3, -0.25) is 4.79 Å². The van der Waals surface area contributed by atoms with Crippen LogP contribution in [0.5, 0.6) is 0 Å². The maximum Gasteiger partial charge on any atom is 0.254 e. The molecule has 7 heteroatoms. The average molecular weight is 296 g/mol. The Balaban J connectivity index is 2.08. The van der Waals surface area contributed by atoms with Crippen molar-refractivity contribution in [2.24, 2.45) is 0 Å². The quantitative estimate of drug-likeness (QED) is 0.776. The molecule has 0 atom stereocenters. The van der Waals surface area contributed by atoms with Crippen molar-refractivity contribution >= 4 is 17.5 Å². The number of benzene rings is 1. The van der Waals surface area contributed by atoms with Gasteiger partial charge >= 0.3 is 0 Å². The van der Waals surface area contributed by atoms with Crippen molar-refractivity contribution in [2.75, 3.05) is 25.5 Å². The van der Waals surface area contributed by atoms with Gasteiger partial charge in [0.2, 0.25) is 5.91 Å². The van der Waals surface area contributed by atoms with Crippen molar-refractivity contribution in [3.05, 3.63) is 42.7 Å². The van der Waals surface area contributed by atoms with Crippen LogP contribution in [-0.4, -0.2) is 46.1 Å². The summed E-state index contributed by atoms with van der Waals surface area (Å²) < 4.78 is 1.62. The van der Waals surface area contributed by atoms with Crippen molar-refractivity contribution in [1.82, 2.24) is 24.9 Å². The van der Waals surface area contributed by atoms with Crippen LogP contribution in [0.3, 0.4) is 0 Å². The topological polar surface area (TPSA) is 75.4 Å². The van der Waals surface area contributed by atoms with Crippen LogP contribution in [0.2, 0.25) is 0 Å². The number of anilines is 1. The lowest BCUT2D eigenvalue weighted by atomic mass is 10.1. The molecule has 0 unspecified atom stereocenters. The number of carbonyl (C=O) groups excluding carboxylic acids is 1. The Morgan fingerprint density at radius 1 is 1.32 bits per heavy atom. The molecule has 0 saturated carbocycles. The van der Waals surface area contributed by atoms with Crippen molar-refractivity contribution in [3.8, 4) is 11.3 Å². The third kappa shape index (κ3) is 2.60. The first-order valence-corrected chi connectivity index (χ1v) is 6.87. The predicted octanol–water partition coefficient (Wildman–Crippen LogP) is 0.973. The fourth-order valence-corrected chi connectivity index (χ4v) is 2.20. The molecule has 3 rings (SSSR count). The third-order valence-corrected chi connectivity index (χ3v) is 3.35.